The van der Waals surface area contributed by atoms with Gasteiger partial charge in [-0.25, -0.2) is 8.42 Å². The zero-order valence-corrected chi connectivity index (χ0v) is 19.7. The largest absolute Gasteiger partial charge is 0.416 e. The summed E-state index contributed by atoms with van der Waals surface area (Å²) < 4.78 is 65.5. The van der Waals surface area contributed by atoms with Crippen molar-refractivity contribution in [3.05, 3.63) is 59.7 Å². The molecule has 0 spiro atoms. The van der Waals surface area contributed by atoms with Crippen molar-refractivity contribution in [2.75, 3.05) is 41.6 Å². The Kier molecular flexibility index (Phi) is 7.26. The van der Waals surface area contributed by atoms with Crippen LogP contribution < -0.4 is 9.21 Å². The van der Waals surface area contributed by atoms with Gasteiger partial charge in [0, 0.05) is 31.9 Å². The first-order valence-corrected chi connectivity index (χ1v) is 12.5. The van der Waals surface area contributed by atoms with Gasteiger partial charge in [-0.2, -0.15) is 13.2 Å². The van der Waals surface area contributed by atoms with Crippen LogP contribution in [0.4, 0.5) is 24.5 Å². The molecule has 0 saturated carbocycles. The van der Waals surface area contributed by atoms with Crippen molar-refractivity contribution in [3.63, 3.8) is 0 Å². The van der Waals surface area contributed by atoms with Gasteiger partial charge in [0.15, 0.2) is 0 Å². The molecule has 1 heterocycles. The quantitative estimate of drug-likeness (QED) is 0.625. The molecule has 10 heteroatoms. The molecule has 3 rings (SSSR count). The molecule has 2 aromatic rings. The molecule has 1 saturated heterocycles. The minimum atomic E-state index is -4.42. The lowest BCUT2D eigenvalue weighted by atomic mass is 10.1. The fraction of sp³-hybridized carbons (Fsp3) is 0.435. The maximum Gasteiger partial charge on any atom is 0.416 e. The van der Waals surface area contributed by atoms with Crippen molar-refractivity contribution in [3.8, 4) is 0 Å². The Hall–Kier alpha value is -2.75. The van der Waals surface area contributed by atoms with Gasteiger partial charge in [0.25, 0.3) is 0 Å². The highest BCUT2D eigenvalue weighted by Gasteiger charge is 2.36. The Balaban J connectivity index is 1.76. The lowest BCUT2D eigenvalue weighted by Crippen LogP contribution is -2.56. The maximum absolute atomic E-state index is 13.3. The molecule has 1 atom stereocenters. The molecule has 0 bridgehead atoms. The van der Waals surface area contributed by atoms with Gasteiger partial charge in [-0.05, 0) is 43.7 Å². The summed E-state index contributed by atoms with van der Waals surface area (Å²) in [6, 6.07) is 11.2. The van der Waals surface area contributed by atoms with Crippen LogP contribution in [0.15, 0.2) is 48.5 Å². The van der Waals surface area contributed by atoms with Crippen LogP contribution in [-0.2, 0) is 21.0 Å². The van der Waals surface area contributed by atoms with Crippen molar-refractivity contribution < 1.29 is 26.4 Å². The first kappa shape index (κ1) is 24.9. The van der Waals surface area contributed by atoms with E-state index in [1.165, 1.54) is 6.07 Å². The van der Waals surface area contributed by atoms with Crippen LogP contribution in [0.3, 0.4) is 0 Å². The number of aryl methyl sites for hydroxylation is 1. The van der Waals surface area contributed by atoms with Crippen LogP contribution in [0, 0.1) is 6.92 Å². The Morgan fingerprint density at radius 1 is 1.06 bits per heavy atom. The average Bonchev–Trinajstić information content (AvgIpc) is 2.76. The number of anilines is 2. The number of benzene rings is 2. The van der Waals surface area contributed by atoms with Gasteiger partial charge in [-0.3, -0.25) is 9.10 Å². The van der Waals surface area contributed by atoms with Gasteiger partial charge < -0.3 is 9.80 Å². The van der Waals surface area contributed by atoms with Crippen molar-refractivity contribution in [2.45, 2.75) is 32.5 Å². The summed E-state index contributed by atoms with van der Waals surface area (Å²) in [7, 11) is -3.73. The number of piperazine rings is 1. The number of carbonyl (C=O) groups is 1. The van der Waals surface area contributed by atoms with Gasteiger partial charge in [0.05, 0.1) is 17.5 Å². The summed E-state index contributed by atoms with van der Waals surface area (Å²) in [4.78, 5) is 16.7. The molecule has 33 heavy (non-hydrogen) atoms. The van der Waals surface area contributed by atoms with Gasteiger partial charge in [0.2, 0.25) is 15.9 Å². The van der Waals surface area contributed by atoms with E-state index >= 15 is 0 Å². The number of hydrogen-bond donors (Lipinski definition) is 0. The third kappa shape index (κ3) is 5.79. The summed E-state index contributed by atoms with van der Waals surface area (Å²) in [5.74, 6) is -0.313. The van der Waals surface area contributed by atoms with Crippen LogP contribution >= 0.6 is 0 Å². The van der Waals surface area contributed by atoms with Gasteiger partial charge in [0.1, 0.15) is 6.04 Å². The second-order valence-electron chi connectivity index (χ2n) is 8.18. The topological polar surface area (TPSA) is 60.9 Å². The number of nitrogens with zero attached hydrogens (tertiary/aromatic N) is 3. The lowest BCUT2D eigenvalue weighted by Gasteiger charge is -2.39. The molecule has 1 aliphatic rings. The SMILES string of the molecule is CC[C@@H](C(=O)N1CCN(c2cccc(C(F)(F)F)c2)CC1)N(c1ccc(C)cc1)S(C)(=O)=O. The van der Waals surface area contributed by atoms with Crippen molar-refractivity contribution in [1.29, 1.82) is 0 Å². The molecular weight excluding hydrogens is 455 g/mol. The predicted molar refractivity (Wildman–Crippen MR) is 123 cm³/mol. The predicted octanol–water partition coefficient (Wildman–Crippen LogP) is 3.91. The number of amides is 1. The van der Waals surface area contributed by atoms with Crippen LogP contribution in [-0.4, -0.2) is 57.7 Å². The standard InChI is InChI=1S/C23H28F3N3O3S/c1-4-21(29(33(3,31)32)19-10-8-17(2)9-11-19)22(30)28-14-12-27(13-15-28)20-7-5-6-18(16-20)23(24,25)26/h5-11,16,21H,4,12-15H2,1-3H3/t21-/m0/s1. The van der Waals surface area contributed by atoms with E-state index in [4.69, 9.17) is 0 Å². The van der Waals surface area contributed by atoms with Crippen molar-refractivity contribution in [2.24, 2.45) is 0 Å². The first-order valence-electron chi connectivity index (χ1n) is 10.7. The Labute approximate surface area is 192 Å². The van der Waals surface area contributed by atoms with Gasteiger partial charge in [-0.1, -0.05) is 30.7 Å². The average molecular weight is 484 g/mol. The van der Waals surface area contributed by atoms with E-state index in [1.54, 1.807) is 47.1 Å². The molecule has 0 unspecified atom stereocenters. The summed E-state index contributed by atoms with van der Waals surface area (Å²) in [5.41, 5.74) is 1.12. The Bertz CT molecular complexity index is 1080. The van der Waals surface area contributed by atoms with Crippen LogP contribution in [0.5, 0.6) is 0 Å². The minimum absolute atomic E-state index is 0.285. The summed E-state index contributed by atoms with van der Waals surface area (Å²) >= 11 is 0. The molecule has 0 radical (unpaired) electrons. The molecule has 0 aliphatic carbocycles. The minimum Gasteiger partial charge on any atom is -0.368 e. The number of carbonyl (C=O) groups excluding carboxylic acids is 1. The highest BCUT2D eigenvalue weighted by Crippen LogP contribution is 2.32. The van der Waals surface area contributed by atoms with Gasteiger partial charge >= 0.3 is 6.18 Å². The van der Waals surface area contributed by atoms with E-state index in [-0.39, 0.29) is 25.4 Å². The van der Waals surface area contributed by atoms with E-state index in [0.29, 0.717) is 24.5 Å². The summed E-state index contributed by atoms with van der Waals surface area (Å²) in [5, 5.41) is 0. The molecule has 2 aromatic carbocycles. The molecule has 1 fully saturated rings. The Morgan fingerprint density at radius 3 is 2.18 bits per heavy atom. The molecule has 0 N–H and O–H groups in total. The fourth-order valence-corrected chi connectivity index (χ4v) is 5.22. The van der Waals surface area contributed by atoms with Gasteiger partial charge in [-0.15, -0.1) is 0 Å². The third-order valence-electron chi connectivity index (χ3n) is 5.73. The molecular formula is C23H28F3N3O3S. The zero-order chi connectivity index (χ0) is 24.4. The monoisotopic (exact) mass is 483 g/mol. The van der Waals surface area contributed by atoms with E-state index in [1.807, 2.05) is 6.92 Å². The lowest BCUT2D eigenvalue weighted by molar-refractivity contribution is -0.137. The smallest absolute Gasteiger partial charge is 0.368 e. The molecule has 1 amide bonds. The summed E-state index contributed by atoms with van der Waals surface area (Å²) in [6.07, 6.45) is -3.06. The molecule has 1 aliphatic heterocycles. The van der Waals surface area contributed by atoms with Crippen molar-refractivity contribution in [1.82, 2.24) is 4.90 Å². The summed E-state index contributed by atoms with van der Waals surface area (Å²) in [6.45, 7) is 4.93. The number of rotatable bonds is 6. The van der Waals surface area contributed by atoms with Crippen LogP contribution in [0.25, 0.3) is 0 Å². The highest BCUT2D eigenvalue weighted by molar-refractivity contribution is 7.92. The molecule has 0 aromatic heterocycles. The van der Waals surface area contributed by atoms with E-state index in [2.05, 4.69) is 0 Å². The third-order valence-corrected chi connectivity index (χ3v) is 6.91. The van der Waals surface area contributed by atoms with Crippen LogP contribution in [0.1, 0.15) is 24.5 Å². The molecule has 6 nitrogen and oxygen atoms in total. The zero-order valence-electron chi connectivity index (χ0n) is 18.8. The fourth-order valence-electron chi connectivity index (χ4n) is 4.01. The van der Waals surface area contributed by atoms with E-state index in [0.717, 1.165) is 28.3 Å². The highest BCUT2D eigenvalue weighted by atomic mass is 32.2. The second kappa shape index (κ2) is 9.62. The maximum atomic E-state index is 13.3. The second-order valence-corrected chi connectivity index (χ2v) is 10.0. The number of hydrogen-bond acceptors (Lipinski definition) is 4. The first-order chi connectivity index (χ1) is 15.4. The van der Waals surface area contributed by atoms with E-state index < -0.39 is 27.8 Å². The Morgan fingerprint density at radius 2 is 1.67 bits per heavy atom. The molecule has 180 valence electrons. The number of sulfonamides is 1. The number of halogens is 3. The number of alkyl halides is 3. The van der Waals surface area contributed by atoms with Crippen molar-refractivity contribution >= 4 is 27.3 Å². The van der Waals surface area contributed by atoms with Crippen LogP contribution in [0.2, 0.25) is 0 Å². The van der Waals surface area contributed by atoms with E-state index in [9.17, 15) is 26.4 Å². The normalized spacial score (nSPS) is 15.9.